The second kappa shape index (κ2) is 6.36. The molecule has 1 aliphatic rings. The summed E-state index contributed by atoms with van der Waals surface area (Å²) in [6.45, 7) is 1.35. The fraction of sp³-hybridized carbons (Fsp3) is 0.294. The first-order valence-electron chi connectivity index (χ1n) is 8.09. The highest BCUT2D eigenvalue weighted by molar-refractivity contribution is 7.89. The van der Waals surface area contributed by atoms with E-state index in [0.29, 0.717) is 13.1 Å². The molecular formula is C17H17N3O3S2. The zero-order valence-electron chi connectivity index (χ0n) is 13.5. The van der Waals surface area contributed by atoms with Gasteiger partial charge in [-0.15, -0.1) is 11.3 Å². The van der Waals surface area contributed by atoms with E-state index in [0.717, 1.165) is 28.1 Å². The van der Waals surface area contributed by atoms with Crippen molar-refractivity contribution in [2.75, 3.05) is 13.1 Å². The quantitative estimate of drug-likeness (QED) is 0.701. The number of hydrogen-bond donors (Lipinski definition) is 0. The van der Waals surface area contributed by atoms with Gasteiger partial charge in [0.15, 0.2) is 0 Å². The van der Waals surface area contributed by atoms with Crippen LogP contribution in [0.25, 0.3) is 10.2 Å². The van der Waals surface area contributed by atoms with Gasteiger partial charge in [0.2, 0.25) is 10.0 Å². The first-order chi connectivity index (χ1) is 12.0. The van der Waals surface area contributed by atoms with Gasteiger partial charge in [0, 0.05) is 25.4 Å². The lowest BCUT2D eigenvalue weighted by atomic mass is 10.3. The maximum Gasteiger partial charge on any atom is 0.250 e. The van der Waals surface area contributed by atoms with Gasteiger partial charge in [0.1, 0.15) is 5.01 Å². The molecule has 25 heavy (non-hydrogen) atoms. The van der Waals surface area contributed by atoms with E-state index in [2.05, 4.69) is 4.98 Å². The summed E-state index contributed by atoms with van der Waals surface area (Å²) < 4.78 is 29.3. The summed E-state index contributed by atoms with van der Waals surface area (Å²) in [5.41, 5.74) is 0.649. The number of benzene rings is 1. The molecule has 3 heterocycles. The van der Waals surface area contributed by atoms with Crippen molar-refractivity contribution in [3.8, 4) is 0 Å². The highest BCUT2D eigenvalue weighted by Crippen LogP contribution is 2.23. The molecule has 2 aromatic heterocycles. The third kappa shape index (κ3) is 3.12. The van der Waals surface area contributed by atoms with Crippen LogP contribution in [-0.4, -0.2) is 35.4 Å². The Kier molecular flexibility index (Phi) is 4.18. The summed E-state index contributed by atoms with van der Waals surface area (Å²) in [6, 6.07) is 10.5. The third-order valence-electron chi connectivity index (χ3n) is 4.30. The van der Waals surface area contributed by atoms with Crippen LogP contribution in [0.15, 0.2) is 52.3 Å². The van der Waals surface area contributed by atoms with Crippen molar-refractivity contribution in [1.82, 2.24) is 13.9 Å². The van der Waals surface area contributed by atoms with Crippen LogP contribution >= 0.6 is 11.3 Å². The number of pyridine rings is 1. The normalized spacial score (nSPS) is 15.8. The van der Waals surface area contributed by atoms with Crippen molar-refractivity contribution in [2.45, 2.75) is 24.3 Å². The Hall–Kier alpha value is -2.03. The minimum atomic E-state index is -3.54. The average molecular weight is 375 g/mol. The number of thiazole rings is 1. The fourth-order valence-corrected chi connectivity index (χ4v) is 5.50. The Balaban J connectivity index is 1.69. The number of nitrogens with zero attached hydrogens (tertiary/aromatic N) is 3. The van der Waals surface area contributed by atoms with Crippen LogP contribution in [0.1, 0.15) is 17.8 Å². The van der Waals surface area contributed by atoms with E-state index in [4.69, 9.17) is 0 Å². The molecule has 0 amide bonds. The molecule has 6 nitrogen and oxygen atoms in total. The Bertz CT molecular complexity index is 1050. The van der Waals surface area contributed by atoms with Crippen LogP contribution in [0.2, 0.25) is 0 Å². The van der Waals surface area contributed by atoms with Crippen LogP contribution in [0.3, 0.4) is 0 Å². The largest absolute Gasteiger partial charge is 0.307 e. The van der Waals surface area contributed by atoms with Gasteiger partial charge in [-0.3, -0.25) is 4.79 Å². The van der Waals surface area contributed by atoms with E-state index in [-0.39, 0.29) is 17.0 Å². The van der Waals surface area contributed by atoms with Crippen LogP contribution < -0.4 is 5.56 Å². The summed E-state index contributed by atoms with van der Waals surface area (Å²) in [5, 5.41) is 0.777. The fourth-order valence-electron chi connectivity index (χ4n) is 3.00. The molecule has 0 radical (unpaired) electrons. The van der Waals surface area contributed by atoms with Crippen molar-refractivity contribution in [2.24, 2.45) is 0 Å². The van der Waals surface area contributed by atoms with Crippen molar-refractivity contribution < 1.29 is 8.42 Å². The highest BCUT2D eigenvalue weighted by atomic mass is 32.2. The molecule has 0 N–H and O–H groups in total. The summed E-state index contributed by atoms with van der Waals surface area (Å²) in [5.74, 6) is 0. The average Bonchev–Trinajstić information content (AvgIpc) is 3.25. The van der Waals surface area contributed by atoms with Crippen LogP contribution in [0.5, 0.6) is 0 Å². The minimum absolute atomic E-state index is 0.162. The molecular weight excluding hydrogens is 358 g/mol. The lowest BCUT2D eigenvalue weighted by Gasteiger charge is -2.16. The van der Waals surface area contributed by atoms with Crippen LogP contribution in [-0.2, 0) is 16.6 Å². The van der Waals surface area contributed by atoms with E-state index >= 15 is 0 Å². The smallest absolute Gasteiger partial charge is 0.250 e. The van der Waals surface area contributed by atoms with Crippen molar-refractivity contribution in [1.29, 1.82) is 0 Å². The number of sulfonamides is 1. The molecule has 0 unspecified atom stereocenters. The summed E-state index contributed by atoms with van der Waals surface area (Å²) in [4.78, 5) is 16.9. The molecule has 0 bridgehead atoms. The first-order valence-corrected chi connectivity index (χ1v) is 10.3. The Morgan fingerprint density at radius 2 is 1.84 bits per heavy atom. The van der Waals surface area contributed by atoms with E-state index in [1.165, 1.54) is 38.5 Å². The Labute approximate surface area is 149 Å². The molecule has 1 saturated heterocycles. The van der Waals surface area contributed by atoms with E-state index in [9.17, 15) is 13.2 Å². The maximum absolute atomic E-state index is 12.7. The van der Waals surface area contributed by atoms with Gasteiger partial charge in [0.25, 0.3) is 5.56 Å². The lowest BCUT2D eigenvalue weighted by molar-refractivity contribution is 0.476. The molecule has 1 aliphatic heterocycles. The van der Waals surface area contributed by atoms with Crippen LogP contribution in [0.4, 0.5) is 0 Å². The SMILES string of the molecule is O=c1ccc(S(=O)(=O)N2CCCC2)cn1Cc1nc2ccccc2s1. The Morgan fingerprint density at radius 1 is 1.08 bits per heavy atom. The molecule has 0 spiro atoms. The predicted octanol–water partition coefficient (Wildman–Crippen LogP) is 2.29. The summed E-state index contributed by atoms with van der Waals surface area (Å²) in [7, 11) is -3.54. The molecule has 0 saturated carbocycles. The van der Waals surface area contributed by atoms with Gasteiger partial charge >= 0.3 is 0 Å². The number of rotatable bonds is 4. The number of fused-ring (bicyclic) bond motifs is 1. The number of hydrogen-bond acceptors (Lipinski definition) is 5. The van der Waals surface area contributed by atoms with E-state index < -0.39 is 10.0 Å². The second-order valence-electron chi connectivity index (χ2n) is 6.02. The molecule has 130 valence electrons. The van der Waals surface area contributed by atoms with Gasteiger partial charge in [-0.2, -0.15) is 4.31 Å². The van der Waals surface area contributed by atoms with E-state index in [1.807, 2.05) is 24.3 Å². The molecule has 4 rings (SSSR count). The second-order valence-corrected chi connectivity index (χ2v) is 9.07. The van der Waals surface area contributed by atoms with Gasteiger partial charge in [-0.1, -0.05) is 12.1 Å². The third-order valence-corrected chi connectivity index (χ3v) is 7.21. The number of aromatic nitrogens is 2. The van der Waals surface area contributed by atoms with Gasteiger partial charge in [0.05, 0.1) is 21.7 Å². The van der Waals surface area contributed by atoms with Crippen molar-refractivity contribution >= 4 is 31.6 Å². The first kappa shape index (κ1) is 16.4. The zero-order valence-corrected chi connectivity index (χ0v) is 15.1. The maximum atomic E-state index is 12.7. The summed E-state index contributed by atoms with van der Waals surface area (Å²) >= 11 is 1.51. The molecule has 1 aromatic carbocycles. The number of para-hydroxylation sites is 1. The van der Waals surface area contributed by atoms with Crippen molar-refractivity contribution in [3.05, 3.63) is 58.0 Å². The summed E-state index contributed by atoms with van der Waals surface area (Å²) in [6.07, 6.45) is 3.19. The molecule has 3 aromatic rings. The molecule has 0 aliphatic carbocycles. The Morgan fingerprint density at radius 3 is 2.60 bits per heavy atom. The van der Waals surface area contributed by atoms with Crippen molar-refractivity contribution in [3.63, 3.8) is 0 Å². The molecule has 0 atom stereocenters. The van der Waals surface area contributed by atoms with Gasteiger partial charge in [-0.25, -0.2) is 13.4 Å². The molecule has 1 fully saturated rings. The standard InChI is InChI=1S/C17H17N3O3S2/c21-17-8-7-13(25(22,23)20-9-3-4-10-20)11-19(17)12-16-18-14-5-1-2-6-15(14)24-16/h1-2,5-8,11H,3-4,9-10,12H2. The van der Waals surface area contributed by atoms with Gasteiger partial charge < -0.3 is 4.57 Å². The van der Waals surface area contributed by atoms with Gasteiger partial charge in [-0.05, 0) is 31.0 Å². The monoisotopic (exact) mass is 375 g/mol. The lowest BCUT2D eigenvalue weighted by Crippen LogP contribution is -2.29. The minimum Gasteiger partial charge on any atom is -0.307 e. The highest BCUT2D eigenvalue weighted by Gasteiger charge is 2.27. The topological polar surface area (TPSA) is 72.3 Å². The molecule has 8 heteroatoms. The zero-order chi connectivity index (χ0) is 17.4. The predicted molar refractivity (Wildman–Crippen MR) is 97.4 cm³/mol. The van der Waals surface area contributed by atoms with E-state index in [1.54, 1.807) is 0 Å². The van der Waals surface area contributed by atoms with Crippen LogP contribution in [0, 0.1) is 0 Å².